The maximum absolute atomic E-state index is 13.1. The van der Waals surface area contributed by atoms with Crippen LogP contribution in [0.1, 0.15) is 47.3 Å². The van der Waals surface area contributed by atoms with Crippen LogP contribution in [0.15, 0.2) is 71.6 Å². The molecule has 1 saturated heterocycles. The molecule has 3 aromatic carbocycles. The van der Waals surface area contributed by atoms with E-state index in [-0.39, 0.29) is 34.2 Å². The lowest BCUT2D eigenvalue weighted by Crippen LogP contribution is -2.43. The van der Waals surface area contributed by atoms with Crippen LogP contribution in [0.4, 0.5) is 0 Å². The number of amides is 1. The number of carbonyl (C=O) groups excluding carboxylic acids is 1. The van der Waals surface area contributed by atoms with Crippen molar-refractivity contribution in [1.29, 1.82) is 0 Å². The molecular formula is C27H29N3O6S. The number of primary sulfonamides is 1. The molecule has 3 aromatic rings. The van der Waals surface area contributed by atoms with Gasteiger partial charge in [-0.3, -0.25) is 9.69 Å². The summed E-state index contributed by atoms with van der Waals surface area (Å²) in [6.45, 7) is 3.16. The van der Waals surface area contributed by atoms with Gasteiger partial charge in [-0.2, -0.15) is 0 Å². The van der Waals surface area contributed by atoms with Gasteiger partial charge in [0, 0.05) is 18.2 Å². The van der Waals surface area contributed by atoms with Gasteiger partial charge in [-0.05, 0) is 73.3 Å². The number of phenols is 1. The van der Waals surface area contributed by atoms with E-state index in [9.17, 15) is 23.1 Å². The molecule has 10 heteroatoms. The molecule has 1 fully saturated rings. The Labute approximate surface area is 215 Å². The van der Waals surface area contributed by atoms with Gasteiger partial charge in [0.2, 0.25) is 15.9 Å². The average Bonchev–Trinajstić information content (AvgIpc) is 3.31. The largest absolute Gasteiger partial charge is 0.507 e. The molecule has 1 heterocycles. The molecule has 0 saturated carbocycles. The Morgan fingerprint density at radius 1 is 1.11 bits per heavy atom. The topological polar surface area (TPSA) is 150 Å². The maximum atomic E-state index is 13.1. The minimum Gasteiger partial charge on any atom is -0.507 e. The summed E-state index contributed by atoms with van der Waals surface area (Å²) < 4.78 is 23.1. The normalized spacial score (nSPS) is 16.9. The fourth-order valence-electron chi connectivity index (χ4n) is 4.62. The third-order valence-electron chi connectivity index (χ3n) is 6.60. The van der Waals surface area contributed by atoms with Crippen LogP contribution in [0.2, 0.25) is 0 Å². The van der Waals surface area contributed by atoms with Gasteiger partial charge in [0.25, 0.3) is 0 Å². The first kappa shape index (κ1) is 26.3. The number of benzene rings is 3. The number of likely N-dealkylation sites (tertiary alicyclic amines) is 1. The number of aromatic carboxylic acids is 1. The Morgan fingerprint density at radius 2 is 1.84 bits per heavy atom. The van der Waals surface area contributed by atoms with Gasteiger partial charge >= 0.3 is 5.97 Å². The lowest BCUT2D eigenvalue weighted by Gasteiger charge is -2.26. The number of nitrogens with zero attached hydrogens (tertiary/aromatic N) is 1. The number of nitrogens with one attached hydrogen (secondary N) is 1. The summed E-state index contributed by atoms with van der Waals surface area (Å²) in [5, 5.41) is 27.7. The highest BCUT2D eigenvalue weighted by molar-refractivity contribution is 7.89. The van der Waals surface area contributed by atoms with E-state index in [1.807, 2.05) is 31.2 Å². The third kappa shape index (κ3) is 6.16. The molecule has 1 aliphatic rings. The lowest BCUT2D eigenvalue weighted by molar-refractivity contribution is -0.126. The molecule has 5 N–H and O–H groups in total. The van der Waals surface area contributed by atoms with Crippen LogP contribution >= 0.6 is 0 Å². The molecule has 4 rings (SSSR count). The standard InChI is InChI=1S/C27H29N3O6S/c1-17(19-7-9-20(10-8-19)27(33)34)29-26(32)24-6-3-13-30(24)16-18-4-2-5-21(14-18)23-12-11-22(15-25(23)31)37(28,35)36/h2,4-5,7-12,14-15,17,24,31H,3,6,13,16H2,1H3,(H,29,32)(H,33,34)(H2,28,35,36)/t17-,24+/m0/s1. The van der Waals surface area contributed by atoms with Crippen LogP contribution in [0, 0.1) is 0 Å². The summed E-state index contributed by atoms with van der Waals surface area (Å²) in [4.78, 5) is 26.1. The first-order chi connectivity index (χ1) is 17.5. The summed E-state index contributed by atoms with van der Waals surface area (Å²) in [6.07, 6.45) is 1.61. The van der Waals surface area contributed by atoms with Crippen molar-refractivity contribution in [2.24, 2.45) is 5.14 Å². The number of carboxylic acid groups (broad SMARTS) is 1. The van der Waals surface area contributed by atoms with E-state index in [2.05, 4.69) is 10.2 Å². The minimum atomic E-state index is -3.92. The van der Waals surface area contributed by atoms with Crippen LogP contribution < -0.4 is 10.5 Å². The quantitative estimate of drug-likeness (QED) is 0.354. The molecule has 37 heavy (non-hydrogen) atoms. The molecule has 1 amide bonds. The number of aromatic hydroxyl groups is 1. The number of carboxylic acids is 1. The molecular weight excluding hydrogens is 494 g/mol. The van der Waals surface area contributed by atoms with Crippen LogP contribution in [0.25, 0.3) is 11.1 Å². The number of carbonyl (C=O) groups is 2. The summed E-state index contributed by atoms with van der Waals surface area (Å²) in [5.41, 5.74) is 3.16. The second-order valence-corrected chi connectivity index (χ2v) is 10.8. The number of rotatable bonds is 8. The van der Waals surface area contributed by atoms with E-state index in [1.165, 1.54) is 24.3 Å². The summed E-state index contributed by atoms with van der Waals surface area (Å²) in [7, 11) is -3.92. The van der Waals surface area contributed by atoms with Crippen molar-refractivity contribution in [3.05, 3.63) is 83.4 Å². The smallest absolute Gasteiger partial charge is 0.335 e. The van der Waals surface area contributed by atoms with Crippen LogP contribution in [0.5, 0.6) is 5.75 Å². The molecule has 2 atom stereocenters. The van der Waals surface area contributed by atoms with Crippen molar-refractivity contribution in [3.8, 4) is 16.9 Å². The first-order valence-electron chi connectivity index (χ1n) is 11.9. The highest BCUT2D eigenvalue weighted by Crippen LogP contribution is 2.32. The molecule has 0 radical (unpaired) electrons. The number of nitrogens with two attached hydrogens (primary N) is 1. The first-order valence-corrected chi connectivity index (χ1v) is 13.4. The maximum Gasteiger partial charge on any atom is 0.335 e. The van der Waals surface area contributed by atoms with Gasteiger partial charge in [-0.1, -0.05) is 30.3 Å². The SMILES string of the molecule is C[C@H](NC(=O)[C@H]1CCCN1Cc1cccc(-c2ccc(S(N)(=O)=O)cc2O)c1)c1ccc(C(=O)O)cc1. The van der Waals surface area contributed by atoms with E-state index >= 15 is 0 Å². The number of sulfonamides is 1. The number of hydrogen-bond donors (Lipinski definition) is 4. The summed E-state index contributed by atoms with van der Waals surface area (Å²) >= 11 is 0. The van der Waals surface area contributed by atoms with Gasteiger partial charge in [0.05, 0.1) is 22.5 Å². The van der Waals surface area contributed by atoms with Crippen LogP contribution in [-0.2, 0) is 21.4 Å². The van der Waals surface area contributed by atoms with Crippen LogP contribution in [-0.4, -0.2) is 48.0 Å². The molecule has 0 unspecified atom stereocenters. The highest BCUT2D eigenvalue weighted by Gasteiger charge is 2.31. The monoisotopic (exact) mass is 523 g/mol. The summed E-state index contributed by atoms with van der Waals surface area (Å²) in [6, 6.07) is 17.4. The van der Waals surface area contributed by atoms with Crippen LogP contribution in [0.3, 0.4) is 0 Å². The van der Waals surface area contributed by atoms with Gasteiger partial charge in [0.1, 0.15) is 5.75 Å². The van der Waals surface area contributed by atoms with E-state index < -0.39 is 16.0 Å². The number of hydrogen-bond acceptors (Lipinski definition) is 6. The molecule has 0 spiro atoms. The lowest BCUT2D eigenvalue weighted by atomic mass is 10.0. The van der Waals surface area contributed by atoms with Gasteiger partial charge in [0.15, 0.2) is 0 Å². The van der Waals surface area contributed by atoms with E-state index in [0.717, 1.165) is 42.1 Å². The fourth-order valence-corrected chi connectivity index (χ4v) is 5.16. The van der Waals surface area contributed by atoms with Gasteiger partial charge in [-0.15, -0.1) is 0 Å². The molecule has 0 bridgehead atoms. The van der Waals surface area contributed by atoms with E-state index in [0.29, 0.717) is 12.1 Å². The third-order valence-corrected chi connectivity index (χ3v) is 7.52. The second-order valence-electron chi connectivity index (χ2n) is 9.21. The highest BCUT2D eigenvalue weighted by atomic mass is 32.2. The Balaban J connectivity index is 1.45. The Morgan fingerprint density at radius 3 is 2.49 bits per heavy atom. The van der Waals surface area contributed by atoms with Crippen molar-refractivity contribution in [2.45, 2.75) is 43.3 Å². The Hall–Kier alpha value is -3.73. The average molecular weight is 524 g/mol. The van der Waals surface area contributed by atoms with Gasteiger partial charge < -0.3 is 15.5 Å². The zero-order valence-corrected chi connectivity index (χ0v) is 21.1. The second kappa shape index (κ2) is 10.7. The Bertz CT molecular complexity index is 1420. The van der Waals surface area contributed by atoms with Crippen molar-refractivity contribution < 1.29 is 28.2 Å². The predicted octanol–water partition coefficient (Wildman–Crippen LogP) is 3.25. The number of phenolic OH excluding ortho intramolecular Hbond substituents is 1. The molecule has 9 nitrogen and oxygen atoms in total. The minimum absolute atomic E-state index is 0.0836. The van der Waals surface area contributed by atoms with E-state index in [1.54, 1.807) is 12.1 Å². The van der Waals surface area contributed by atoms with E-state index in [4.69, 9.17) is 10.2 Å². The van der Waals surface area contributed by atoms with Crippen molar-refractivity contribution in [2.75, 3.05) is 6.54 Å². The van der Waals surface area contributed by atoms with Crippen molar-refractivity contribution in [1.82, 2.24) is 10.2 Å². The molecule has 0 aromatic heterocycles. The predicted molar refractivity (Wildman–Crippen MR) is 138 cm³/mol. The fraction of sp³-hybridized carbons (Fsp3) is 0.259. The zero-order valence-electron chi connectivity index (χ0n) is 20.3. The molecule has 1 aliphatic heterocycles. The van der Waals surface area contributed by atoms with Crippen molar-refractivity contribution in [3.63, 3.8) is 0 Å². The zero-order chi connectivity index (χ0) is 26.7. The summed E-state index contributed by atoms with van der Waals surface area (Å²) in [5.74, 6) is -1.27. The van der Waals surface area contributed by atoms with Crippen molar-refractivity contribution >= 4 is 21.9 Å². The molecule has 0 aliphatic carbocycles. The Kier molecular flexibility index (Phi) is 7.63. The molecule has 194 valence electrons. The van der Waals surface area contributed by atoms with Gasteiger partial charge in [-0.25, -0.2) is 18.4 Å².